The van der Waals surface area contributed by atoms with Gasteiger partial charge in [0.05, 0.1) is 0 Å². The Hall–Kier alpha value is -2.53. The highest BCUT2D eigenvalue weighted by atomic mass is 16.6. The summed E-state index contributed by atoms with van der Waals surface area (Å²) < 4.78 is 11.4. The van der Waals surface area contributed by atoms with Gasteiger partial charge in [0.1, 0.15) is 18.5 Å². The maximum Gasteiger partial charge on any atom is 0.410 e. The van der Waals surface area contributed by atoms with Gasteiger partial charge >= 0.3 is 6.09 Å². The minimum atomic E-state index is -0.256. The topological polar surface area (TPSA) is 64.8 Å². The Morgan fingerprint density at radius 2 is 1.77 bits per heavy atom. The number of rotatable bonds is 5. The molecule has 1 atom stereocenters. The highest BCUT2D eigenvalue weighted by molar-refractivity contribution is 5.67. The monoisotopic (exact) mass is 354 g/mol. The predicted molar refractivity (Wildman–Crippen MR) is 101 cm³/mol. The Bertz CT molecular complexity index is 693. The molecule has 1 fully saturated rings. The third-order valence-electron chi connectivity index (χ3n) is 4.61. The normalized spacial score (nSPS) is 16.2. The Balaban J connectivity index is 1.42. The molecule has 138 valence electrons. The van der Waals surface area contributed by atoms with Gasteiger partial charge in [-0.2, -0.15) is 0 Å². The van der Waals surface area contributed by atoms with Crippen LogP contribution in [0.5, 0.6) is 5.75 Å². The van der Waals surface area contributed by atoms with Crippen LogP contribution < -0.4 is 10.5 Å². The molecular formula is C21H26N2O3. The molecule has 0 radical (unpaired) electrons. The smallest absolute Gasteiger partial charge is 0.410 e. The Kier molecular flexibility index (Phi) is 6.12. The molecule has 0 aliphatic carbocycles. The third-order valence-corrected chi connectivity index (χ3v) is 4.61. The van der Waals surface area contributed by atoms with Crippen molar-refractivity contribution >= 4 is 6.09 Å². The fourth-order valence-electron chi connectivity index (χ4n) is 3.01. The lowest BCUT2D eigenvalue weighted by Crippen LogP contribution is -2.42. The van der Waals surface area contributed by atoms with Gasteiger partial charge in [-0.1, -0.05) is 42.5 Å². The summed E-state index contributed by atoms with van der Waals surface area (Å²) in [6.07, 6.45) is 1.47. The average molecular weight is 354 g/mol. The Morgan fingerprint density at radius 3 is 2.38 bits per heavy atom. The van der Waals surface area contributed by atoms with Gasteiger partial charge in [-0.05, 0) is 30.2 Å². The standard InChI is InChI=1S/C21H26N2O3/c1-16(22)18-7-9-19(10-8-18)26-20-11-13-23(14-12-20)21(24)25-15-17-5-3-2-4-6-17/h2-10,16,20H,11-15,22H2,1H3. The first kappa shape index (κ1) is 18.3. The van der Waals surface area contributed by atoms with Gasteiger partial charge in [0.2, 0.25) is 0 Å². The first-order valence-corrected chi connectivity index (χ1v) is 9.09. The van der Waals surface area contributed by atoms with Gasteiger partial charge in [-0.25, -0.2) is 4.79 Å². The van der Waals surface area contributed by atoms with E-state index in [0.717, 1.165) is 29.7 Å². The van der Waals surface area contributed by atoms with E-state index in [0.29, 0.717) is 19.7 Å². The number of hydrogen-bond donors (Lipinski definition) is 1. The summed E-state index contributed by atoms with van der Waals surface area (Å²) in [6, 6.07) is 17.6. The molecule has 3 rings (SSSR count). The van der Waals surface area contributed by atoms with Crippen molar-refractivity contribution in [2.45, 2.75) is 38.5 Å². The van der Waals surface area contributed by atoms with E-state index in [2.05, 4.69) is 0 Å². The van der Waals surface area contributed by atoms with Crippen LogP contribution in [0.15, 0.2) is 54.6 Å². The lowest BCUT2D eigenvalue weighted by Gasteiger charge is -2.31. The number of carbonyl (C=O) groups excluding carboxylic acids is 1. The molecule has 26 heavy (non-hydrogen) atoms. The van der Waals surface area contributed by atoms with E-state index >= 15 is 0 Å². The average Bonchev–Trinajstić information content (AvgIpc) is 2.68. The van der Waals surface area contributed by atoms with Crippen LogP contribution in [-0.2, 0) is 11.3 Å². The van der Waals surface area contributed by atoms with Gasteiger partial charge in [-0.15, -0.1) is 0 Å². The van der Waals surface area contributed by atoms with Crippen molar-refractivity contribution in [2.75, 3.05) is 13.1 Å². The molecule has 2 aromatic carbocycles. The lowest BCUT2D eigenvalue weighted by atomic mass is 10.1. The van der Waals surface area contributed by atoms with Gasteiger partial charge in [0.25, 0.3) is 0 Å². The molecule has 2 aromatic rings. The van der Waals surface area contributed by atoms with Crippen molar-refractivity contribution in [3.05, 3.63) is 65.7 Å². The maximum absolute atomic E-state index is 12.2. The molecule has 0 saturated carbocycles. The van der Waals surface area contributed by atoms with Crippen LogP contribution in [0, 0.1) is 0 Å². The molecule has 0 aromatic heterocycles. The summed E-state index contributed by atoms with van der Waals surface area (Å²) in [5, 5.41) is 0. The predicted octanol–water partition coefficient (Wildman–Crippen LogP) is 3.89. The van der Waals surface area contributed by atoms with E-state index < -0.39 is 0 Å². The number of piperidine rings is 1. The molecule has 1 unspecified atom stereocenters. The van der Waals surface area contributed by atoms with Crippen molar-refractivity contribution in [3.8, 4) is 5.75 Å². The number of likely N-dealkylation sites (tertiary alicyclic amines) is 1. The van der Waals surface area contributed by atoms with Crippen LogP contribution in [0.3, 0.4) is 0 Å². The molecule has 1 heterocycles. The van der Waals surface area contributed by atoms with Crippen molar-refractivity contribution < 1.29 is 14.3 Å². The van der Waals surface area contributed by atoms with Crippen LogP contribution in [0.2, 0.25) is 0 Å². The number of nitrogens with two attached hydrogens (primary N) is 1. The molecule has 1 amide bonds. The zero-order chi connectivity index (χ0) is 18.4. The molecular weight excluding hydrogens is 328 g/mol. The molecule has 1 aliphatic rings. The summed E-state index contributed by atoms with van der Waals surface area (Å²) in [7, 11) is 0. The van der Waals surface area contributed by atoms with Crippen molar-refractivity contribution in [1.29, 1.82) is 0 Å². The van der Waals surface area contributed by atoms with Crippen molar-refractivity contribution in [1.82, 2.24) is 4.90 Å². The fourth-order valence-corrected chi connectivity index (χ4v) is 3.01. The van der Waals surface area contributed by atoms with Crippen LogP contribution in [0.1, 0.15) is 36.9 Å². The van der Waals surface area contributed by atoms with E-state index in [1.807, 2.05) is 61.5 Å². The van der Waals surface area contributed by atoms with Crippen LogP contribution in [0.25, 0.3) is 0 Å². The first-order chi connectivity index (χ1) is 12.6. The summed E-state index contributed by atoms with van der Waals surface area (Å²) in [6.45, 7) is 3.57. The molecule has 5 heteroatoms. The second-order valence-electron chi connectivity index (χ2n) is 6.70. The highest BCUT2D eigenvalue weighted by Crippen LogP contribution is 2.21. The van der Waals surface area contributed by atoms with Gasteiger partial charge in [0.15, 0.2) is 0 Å². The summed E-state index contributed by atoms with van der Waals surface area (Å²) in [5.74, 6) is 0.847. The highest BCUT2D eigenvalue weighted by Gasteiger charge is 2.24. The second-order valence-corrected chi connectivity index (χ2v) is 6.70. The number of ether oxygens (including phenoxy) is 2. The molecule has 1 aliphatic heterocycles. The quantitative estimate of drug-likeness (QED) is 0.885. The third kappa shape index (κ3) is 4.99. The Morgan fingerprint density at radius 1 is 1.12 bits per heavy atom. The molecule has 0 bridgehead atoms. The summed E-state index contributed by atoms with van der Waals surface area (Å²) >= 11 is 0. The van der Waals surface area contributed by atoms with Crippen LogP contribution in [0.4, 0.5) is 4.79 Å². The second kappa shape index (κ2) is 8.72. The molecule has 1 saturated heterocycles. The lowest BCUT2D eigenvalue weighted by molar-refractivity contribution is 0.0638. The molecule has 0 spiro atoms. The van der Waals surface area contributed by atoms with E-state index in [1.54, 1.807) is 4.90 Å². The van der Waals surface area contributed by atoms with E-state index in [9.17, 15) is 4.79 Å². The number of amides is 1. The van der Waals surface area contributed by atoms with Crippen molar-refractivity contribution in [2.24, 2.45) is 5.73 Å². The van der Waals surface area contributed by atoms with Crippen LogP contribution >= 0.6 is 0 Å². The number of carbonyl (C=O) groups is 1. The number of benzene rings is 2. The van der Waals surface area contributed by atoms with Gasteiger partial charge < -0.3 is 20.1 Å². The van der Waals surface area contributed by atoms with E-state index in [4.69, 9.17) is 15.2 Å². The molecule has 2 N–H and O–H groups in total. The zero-order valence-corrected chi connectivity index (χ0v) is 15.1. The summed E-state index contributed by atoms with van der Waals surface area (Å²) in [5.41, 5.74) is 7.95. The first-order valence-electron chi connectivity index (χ1n) is 9.09. The Labute approximate surface area is 154 Å². The molecule has 5 nitrogen and oxygen atoms in total. The largest absolute Gasteiger partial charge is 0.490 e. The minimum Gasteiger partial charge on any atom is -0.490 e. The van der Waals surface area contributed by atoms with Gasteiger partial charge in [-0.3, -0.25) is 0 Å². The maximum atomic E-state index is 12.2. The zero-order valence-electron chi connectivity index (χ0n) is 15.1. The number of hydrogen-bond acceptors (Lipinski definition) is 4. The summed E-state index contributed by atoms with van der Waals surface area (Å²) in [4.78, 5) is 13.9. The van der Waals surface area contributed by atoms with Crippen LogP contribution in [-0.4, -0.2) is 30.2 Å². The SMILES string of the molecule is CC(N)c1ccc(OC2CCN(C(=O)OCc3ccccc3)CC2)cc1. The minimum absolute atomic E-state index is 0.0224. The van der Waals surface area contributed by atoms with Crippen molar-refractivity contribution in [3.63, 3.8) is 0 Å². The fraction of sp³-hybridized carbons (Fsp3) is 0.381. The van der Waals surface area contributed by atoms with Gasteiger partial charge in [0, 0.05) is 32.0 Å². The van der Waals surface area contributed by atoms with E-state index in [1.165, 1.54) is 0 Å². The number of nitrogens with zero attached hydrogens (tertiary/aromatic N) is 1. The van der Waals surface area contributed by atoms with E-state index in [-0.39, 0.29) is 18.2 Å².